The molecule has 0 aliphatic carbocycles. The summed E-state index contributed by atoms with van der Waals surface area (Å²) in [7, 11) is 0. The van der Waals surface area contributed by atoms with Gasteiger partial charge in [-0.15, -0.1) is 0 Å². The highest BCUT2D eigenvalue weighted by Crippen LogP contribution is 2.05. The van der Waals surface area contributed by atoms with Crippen LogP contribution in [0.25, 0.3) is 0 Å². The average molecular weight is 281 g/mol. The molecule has 3 amide bonds. The number of carbonyl (C=O) groups excluding carboxylic acids is 2. The van der Waals surface area contributed by atoms with E-state index in [4.69, 9.17) is 9.15 Å². The number of hydrogen-bond donors (Lipinski definition) is 1. The van der Waals surface area contributed by atoms with E-state index in [1.165, 1.54) is 0 Å². The second-order valence-electron chi connectivity index (χ2n) is 4.41. The minimum absolute atomic E-state index is 0.148. The Bertz CT molecular complexity index is 438. The number of amides is 3. The SMILES string of the molecule is CCOC(=O)N1CCN(C(=O)NCc2ccco2)CC1. The van der Waals surface area contributed by atoms with Crippen LogP contribution >= 0.6 is 0 Å². The highest BCUT2D eigenvalue weighted by atomic mass is 16.6. The van der Waals surface area contributed by atoms with E-state index in [2.05, 4.69) is 5.32 Å². The summed E-state index contributed by atoms with van der Waals surface area (Å²) in [6, 6.07) is 3.43. The zero-order valence-electron chi connectivity index (χ0n) is 11.5. The van der Waals surface area contributed by atoms with Crippen molar-refractivity contribution >= 4 is 12.1 Å². The quantitative estimate of drug-likeness (QED) is 0.905. The van der Waals surface area contributed by atoms with Crippen LogP contribution in [0.3, 0.4) is 0 Å². The average Bonchev–Trinajstić information content (AvgIpc) is 2.98. The van der Waals surface area contributed by atoms with Crippen LogP contribution in [0.4, 0.5) is 9.59 Å². The molecule has 0 bridgehead atoms. The van der Waals surface area contributed by atoms with Crippen molar-refractivity contribution in [3.63, 3.8) is 0 Å². The Labute approximate surface area is 117 Å². The maximum absolute atomic E-state index is 11.9. The summed E-state index contributed by atoms with van der Waals surface area (Å²) in [5, 5.41) is 2.78. The Balaban J connectivity index is 1.73. The summed E-state index contributed by atoms with van der Waals surface area (Å²) in [6.45, 7) is 4.49. The number of piperazine rings is 1. The highest BCUT2D eigenvalue weighted by Gasteiger charge is 2.24. The summed E-state index contributed by atoms with van der Waals surface area (Å²) in [5.41, 5.74) is 0. The van der Waals surface area contributed by atoms with E-state index in [1.807, 2.05) is 0 Å². The Morgan fingerprint density at radius 2 is 2.00 bits per heavy atom. The summed E-state index contributed by atoms with van der Waals surface area (Å²) < 4.78 is 10.1. The van der Waals surface area contributed by atoms with Crippen LogP contribution in [-0.4, -0.2) is 54.7 Å². The summed E-state index contributed by atoms with van der Waals surface area (Å²) in [5.74, 6) is 0.712. The van der Waals surface area contributed by atoms with Gasteiger partial charge in [0.1, 0.15) is 5.76 Å². The lowest BCUT2D eigenvalue weighted by Crippen LogP contribution is -2.53. The molecular formula is C13H19N3O4. The Kier molecular flexibility index (Phi) is 4.86. The van der Waals surface area contributed by atoms with Crippen molar-refractivity contribution in [1.82, 2.24) is 15.1 Å². The molecule has 0 unspecified atom stereocenters. The van der Waals surface area contributed by atoms with Crippen molar-refractivity contribution in [2.75, 3.05) is 32.8 Å². The van der Waals surface area contributed by atoms with Crippen molar-refractivity contribution < 1.29 is 18.7 Å². The van der Waals surface area contributed by atoms with Crippen LogP contribution < -0.4 is 5.32 Å². The van der Waals surface area contributed by atoms with Crippen LogP contribution in [0.5, 0.6) is 0 Å². The predicted octanol–water partition coefficient (Wildman–Crippen LogP) is 1.26. The van der Waals surface area contributed by atoms with Gasteiger partial charge in [0.05, 0.1) is 19.4 Å². The molecule has 0 aromatic carbocycles. The van der Waals surface area contributed by atoms with Crippen LogP contribution in [0, 0.1) is 0 Å². The third-order valence-corrected chi connectivity index (χ3v) is 3.09. The number of hydrogen-bond acceptors (Lipinski definition) is 4. The molecule has 1 saturated heterocycles. The minimum Gasteiger partial charge on any atom is -0.467 e. The van der Waals surface area contributed by atoms with Crippen molar-refractivity contribution in [3.8, 4) is 0 Å². The maximum Gasteiger partial charge on any atom is 0.409 e. The standard InChI is InChI=1S/C13H19N3O4/c1-2-19-13(18)16-7-5-15(6-8-16)12(17)14-10-11-4-3-9-20-11/h3-4,9H,2,5-8,10H2,1H3,(H,14,17). The second-order valence-corrected chi connectivity index (χ2v) is 4.41. The van der Waals surface area contributed by atoms with Gasteiger partial charge in [0.25, 0.3) is 0 Å². The molecule has 7 heteroatoms. The lowest BCUT2D eigenvalue weighted by atomic mass is 10.3. The number of urea groups is 1. The molecule has 1 aromatic rings. The van der Waals surface area contributed by atoms with Crippen LogP contribution in [0.1, 0.15) is 12.7 Å². The van der Waals surface area contributed by atoms with E-state index < -0.39 is 0 Å². The Morgan fingerprint density at radius 1 is 1.30 bits per heavy atom. The molecule has 1 aromatic heterocycles. The van der Waals surface area contributed by atoms with E-state index in [-0.39, 0.29) is 12.1 Å². The fourth-order valence-corrected chi connectivity index (χ4v) is 1.99. The van der Waals surface area contributed by atoms with E-state index in [0.29, 0.717) is 45.1 Å². The molecule has 0 spiro atoms. The summed E-state index contributed by atoms with van der Waals surface area (Å²) in [4.78, 5) is 26.8. The molecule has 1 fully saturated rings. The molecular weight excluding hydrogens is 262 g/mol. The minimum atomic E-state index is -0.317. The van der Waals surface area contributed by atoms with Gasteiger partial charge < -0.3 is 24.3 Å². The molecule has 0 saturated carbocycles. The lowest BCUT2D eigenvalue weighted by molar-refractivity contribution is 0.0851. The van der Waals surface area contributed by atoms with Crippen molar-refractivity contribution in [3.05, 3.63) is 24.2 Å². The third kappa shape index (κ3) is 3.66. The first kappa shape index (κ1) is 14.2. The summed E-state index contributed by atoms with van der Waals surface area (Å²) >= 11 is 0. The topological polar surface area (TPSA) is 75.0 Å². The molecule has 7 nitrogen and oxygen atoms in total. The fraction of sp³-hybridized carbons (Fsp3) is 0.538. The Hall–Kier alpha value is -2.18. The van der Waals surface area contributed by atoms with Gasteiger partial charge in [0.15, 0.2) is 0 Å². The molecule has 110 valence electrons. The smallest absolute Gasteiger partial charge is 0.409 e. The first-order valence-corrected chi connectivity index (χ1v) is 6.67. The van der Waals surface area contributed by atoms with Gasteiger partial charge in [-0.1, -0.05) is 0 Å². The van der Waals surface area contributed by atoms with Crippen molar-refractivity contribution in [2.24, 2.45) is 0 Å². The maximum atomic E-state index is 11.9. The number of nitrogens with one attached hydrogen (secondary N) is 1. The summed E-state index contributed by atoms with van der Waals surface area (Å²) in [6.07, 6.45) is 1.25. The predicted molar refractivity (Wildman–Crippen MR) is 71.1 cm³/mol. The van der Waals surface area contributed by atoms with Gasteiger partial charge in [0, 0.05) is 26.2 Å². The second kappa shape index (κ2) is 6.83. The van der Waals surface area contributed by atoms with Gasteiger partial charge >= 0.3 is 12.1 Å². The molecule has 2 rings (SSSR count). The molecule has 1 N–H and O–H groups in total. The van der Waals surface area contributed by atoms with E-state index in [1.54, 1.807) is 35.1 Å². The highest BCUT2D eigenvalue weighted by molar-refractivity contribution is 5.74. The molecule has 1 aliphatic heterocycles. The number of ether oxygens (including phenoxy) is 1. The van der Waals surface area contributed by atoms with E-state index in [0.717, 1.165) is 0 Å². The largest absolute Gasteiger partial charge is 0.467 e. The van der Waals surface area contributed by atoms with Crippen LogP contribution in [0.15, 0.2) is 22.8 Å². The monoisotopic (exact) mass is 281 g/mol. The van der Waals surface area contributed by atoms with Gasteiger partial charge in [0.2, 0.25) is 0 Å². The third-order valence-electron chi connectivity index (χ3n) is 3.09. The molecule has 0 atom stereocenters. The van der Waals surface area contributed by atoms with Gasteiger partial charge in [-0.3, -0.25) is 0 Å². The lowest BCUT2D eigenvalue weighted by Gasteiger charge is -2.33. The zero-order valence-corrected chi connectivity index (χ0v) is 11.5. The first-order valence-electron chi connectivity index (χ1n) is 6.67. The van der Waals surface area contributed by atoms with E-state index in [9.17, 15) is 9.59 Å². The number of rotatable bonds is 3. The molecule has 0 radical (unpaired) electrons. The molecule has 1 aliphatic rings. The normalized spacial score (nSPS) is 15.1. The van der Waals surface area contributed by atoms with Gasteiger partial charge in [-0.05, 0) is 19.1 Å². The molecule has 2 heterocycles. The van der Waals surface area contributed by atoms with Gasteiger partial charge in [-0.2, -0.15) is 0 Å². The van der Waals surface area contributed by atoms with Crippen molar-refractivity contribution in [1.29, 1.82) is 0 Å². The van der Waals surface area contributed by atoms with Crippen molar-refractivity contribution in [2.45, 2.75) is 13.5 Å². The number of carbonyl (C=O) groups is 2. The number of furan rings is 1. The van der Waals surface area contributed by atoms with Crippen LogP contribution in [-0.2, 0) is 11.3 Å². The number of nitrogens with zero attached hydrogens (tertiary/aromatic N) is 2. The first-order chi connectivity index (χ1) is 9.70. The van der Waals surface area contributed by atoms with E-state index >= 15 is 0 Å². The van der Waals surface area contributed by atoms with Crippen LogP contribution in [0.2, 0.25) is 0 Å². The van der Waals surface area contributed by atoms with Gasteiger partial charge in [-0.25, -0.2) is 9.59 Å². The molecule has 20 heavy (non-hydrogen) atoms. The zero-order chi connectivity index (χ0) is 14.4. The fourth-order valence-electron chi connectivity index (χ4n) is 1.99. The Morgan fingerprint density at radius 3 is 2.60 bits per heavy atom.